The summed E-state index contributed by atoms with van der Waals surface area (Å²) < 4.78 is 14.6. The second-order valence-electron chi connectivity index (χ2n) is 6.46. The normalized spacial score (nSPS) is 12.1. The fourth-order valence-electron chi connectivity index (χ4n) is 2.91. The Kier molecular flexibility index (Phi) is 6.08. The number of benzene rings is 2. The van der Waals surface area contributed by atoms with Crippen molar-refractivity contribution in [1.82, 2.24) is 4.57 Å². The zero-order chi connectivity index (χ0) is 19.2. The van der Waals surface area contributed by atoms with Gasteiger partial charge in [-0.25, -0.2) is 13.9 Å². The Balaban J connectivity index is 1.56. The lowest BCUT2D eigenvalue weighted by atomic mass is 10.2. The minimum absolute atomic E-state index is 0.0514. The summed E-state index contributed by atoms with van der Waals surface area (Å²) in [5.74, 6) is 0.211. The molecule has 27 heavy (non-hydrogen) atoms. The molecule has 0 fully saturated rings. The summed E-state index contributed by atoms with van der Waals surface area (Å²) in [7, 11) is 1.96. The third-order valence-electron chi connectivity index (χ3n) is 4.25. The number of fused-ring (bicyclic) bond motifs is 1. The van der Waals surface area contributed by atoms with E-state index in [4.69, 9.17) is 9.47 Å². The number of imidazole rings is 1. The highest BCUT2D eigenvalue weighted by molar-refractivity contribution is 5.89. The van der Waals surface area contributed by atoms with Crippen LogP contribution >= 0.6 is 0 Å². The molecule has 0 aliphatic heterocycles. The van der Waals surface area contributed by atoms with Crippen molar-refractivity contribution in [3.63, 3.8) is 0 Å². The van der Waals surface area contributed by atoms with Gasteiger partial charge in [-0.1, -0.05) is 25.2 Å². The van der Waals surface area contributed by atoms with Crippen LogP contribution in [0.4, 0.5) is 0 Å². The number of ether oxygens (including phenoxy) is 2. The Hall–Kier alpha value is -2.86. The number of aromatic nitrogens is 2. The Labute approximate surface area is 158 Å². The van der Waals surface area contributed by atoms with Gasteiger partial charge in [0.25, 0.3) is 0 Å². The SMILES string of the molecule is CCCOC(=O)c1ccc(OCC([O-])Cn2c[n+](C)c3ccccc32)cc1. The molecule has 0 spiro atoms. The Bertz CT molecular complexity index is 902. The minimum atomic E-state index is -0.907. The highest BCUT2D eigenvalue weighted by Crippen LogP contribution is 2.14. The predicted octanol–water partition coefficient (Wildman–Crippen LogP) is 1.84. The molecule has 3 rings (SSSR count). The van der Waals surface area contributed by atoms with Crippen molar-refractivity contribution in [2.24, 2.45) is 7.05 Å². The third kappa shape index (κ3) is 4.65. The largest absolute Gasteiger partial charge is 0.847 e. The molecule has 6 heteroatoms. The van der Waals surface area contributed by atoms with Crippen LogP contribution in [0, 0.1) is 0 Å². The molecule has 1 atom stereocenters. The van der Waals surface area contributed by atoms with Gasteiger partial charge in [-0.15, -0.1) is 0 Å². The maximum atomic E-state index is 12.4. The Morgan fingerprint density at radius 1 is 1.19 bits per heavy atom. The van der Waals surface area contributed by atoms with Crippen LogP contribution in [0.3, 0.4) is 0 Å². The topological polar surface area (TPSA) is 67.4 Å². The van der Waals surface area contributed by atoms with Crippen molar-refractivity contribution in [3.8, 4) is 5.75 Å². The predicted molar refractivity (Wildman–Crippen MR) is 99.4 cm³/mol. The molecule has 1 heterocycles. The van der Waals surface area contributed by atoms with E-state index in [1.165, 1.54) is 0 Å². The van der Waals surface area contributed by atoms with Crippen LogP contribution in [0.2, 0.25) is 0 Å². The first kappa shape index (κ1) is 18.9. The van der Waals surface area contributed by atoms with Crippen molar-refractivity contribution < 1.29 is 23.9 Å². The molecule has 1 aromatic heterocycles. The highest BCUT2D eigenvalue weighted by Gasteiger charge is 2.13. The van der Waals surface area contributed by atoms with E-state index in [-0.39, 0.29) is 12.6 Å². The minimum Gasteiger partial charge on any atom is -0.847 e. The number of aryl methyl sites for hydroxylation is 1. The lowest BCUT2D eigenvalue weighted by molar-refractivity contribution is -0.646. The monoisotopic (exact) mass is 368 g/mol. The van der Waals surface area contributed by atoms with E-state index in [1.54, 1.807) is 24.3 Å². The molecule has 0 bridgehead atoms. The summed E-state index contributed by atoms with van der Waals surface area (Å²) in [5, 5.41) is 12.4. The quantitative estimate of drug-likeness (QED) is 0.449. The first-order valence-corrected chi connectivity index (χ1v) is 9.07. The highest BCUT2D eigenvalue weighted by atomic mass is 16.5. The zero-order valence-electron chi connectivity index (χ0n) is 15.6. The van der Waals surface area contributed by atoms with Gasteiger partial charge in [-0.3, -0.25) is 0 Å². The molecule has 1 unspecified atom stereocenters. The van der Waals surface area contributed by atoms with Crippen LogP contribution in [0.1, 0.15) is 23.7 Å². The summed E-state index contributed by atoms with van der Waals surface area (Å²) in [4.78, 5) is 11.8. The van der Waals surface area contributed by atoms with Crippen molar-refractivity contribution in [3.05, 3.63) is 60.4 Å². The van der Waals surface area contributed by atoms with Gasteiger partial charge in [-0.05, 0) is 42.8 Å². The first-order chi connectivity index (χ1) is 13.1. The molecule has 6 nitrogen and oxygen atoms in total. The van der Waals surface area contributed by atoms with Crippen LogP contribution in [-0.2, 0) is 18.3 Å². The van der Waals surface area contributed by atoms with E-state index in [2.05, 4.69) is 0 Å². The van der Waals surface area contributed by atoms with Crippen LogP contribution < -0.4 is 14.4 Å². The molecule has 0 aliphatic rings. The van der Waals surface area contributed by atoms with Gasteiger partial charge < -0.3 is 14.6 Å². The van der Waals surface area contributed by atoms with Crippen molar-refractivity contribution in [2.45, 2.75) is 26.0 Å². The van der Waals surface area contributed by atoms with Gasteiger partial charge in [0.15, 0.2) is 11.0 Å². The van der Waals surface area contributed by atoms with Crippen LogP contribution in [-0.4, -0.2) is 29.9 Å². The fraction of sp³-hybridized carbons (Fsp3) is 0.333. The fourth-order valence-corrected chi connectivity index (χ4v) is 2.91. The number of rotatable bonds is 8. The smallest absolute Gasteiger partial charge is 0.338 e. The number of para-hydroxylation sites is 2. The van der Waals surface area contributed by atoms with Gasteiger partial charge >= 0.3 is 5.97 Å². The number of nitrogens with zero attached hydrogens (tertiary/aromatic N) is 2. The molecule has 0 radical (unpaired) electrons. The molecule has 0 saturated carbocycles. The molecular formula is C21H24N2O4. The summed E-state index contributed by atoms with van der Waals surface area (Å²) in [6.45, 7) is 2.72. The standard InChI is InChI=1S/C21H24N2O4/c1-3-12-26-21(25)16-8-10-18(11-9-16)27-14-17(24)13-23-15-22(2)19-6-4-5-7-20(19)23/h4-11,15,17H,3,12-14H2,1-2H3. The summed E-state index contributed by atoms with van der Waals surface area (Å²) in [5.41, 5.74) is 2.58. The van der Waals surface area contributed by atoms with Crippen molar-refractivity contribution in [2.75, 3.05) is 13.2 Å². The average molecular weight is 368 g/mol. The van der Waals surface area contributed by atoms with Crippen LogP contribution in [0.5, 0.6) is 5.75 Å². The molecule has 0 aliphatic carbocycles. The number of carbonyl (C=O) groups excluding carboxylic acids is 1. The van der Waals surface area contributed by atoms with Gasteiger partial charge in [0.05, 0.1) is 32.4 Å². The third-order valence-corrected chi connectivity index (χ3v) is 4.25. The summed E-state index contributed by atoms with van der Waals surface area (Å²) >= 11 is 0. The molecular weight excluding hydrogens is 344 g/mol. The van der Waals surface area contributed by atoms with E-state index in [0.29, 0.717) is 24.5 Å². The first-order valence-electron chi connectivity index (χ1n) is 9.07. The number of esters is 1. The maximum absolute atomic E-state index is 12.4. The number of carbonyl (C=O) groups is 1. The van der Waals surface area contributed by atoms with Crippen molar-refractivity contribution >= 4 is 17.0 Å². The van der Waals surface area contributed by atoms with Gasteiger partial charge in [0.2, 0.25) is 6.33 Å². The summed E-state index contributed by atoms with van der Waals surface area (Å²) in [6.07, 6.45) is 1.80. The number of hydrogen-bond acceptors (Lipinski definition) is 4. The zero-order valence-corrected chi connectivity index (χ0v) is 15.6. The lowest BCUT2D eigenvalue weighted by Crippen LogP contribution is -2.36. The second-order valence-corrected chi connectivity index (χ2v) is 6.46. The second kappa shape index (κ2) is 8.68. The van der Waals surface area contributed by atoms with Gasteiger partial charge in [-0.2, -0.15) is 0 Å². The Morgan fingerprint density at radius 3 is 2.67 bits per heavy atom. The van der Waals surface area contributed by atoms with Gasteiger partial charge in [0.1, 0.15) is 5.75 Å². The van der Waals surface area contributed by atoms with Crippen LogP contribution in [0.25, 0.3) is 11.0 Å². The molecule has 142 valence electrons. The van der Waals surface area contributed by atoms with E-state index >= 15 is 0 Å². The van der Waals surface area contributed by atoms with Crippen molar-refractivity contribution in [1.29, 1.82) is 0 Å². The average Bonchev–Trinajstić information content (AvgIpc) is 3.00. The molecule has 0 amide bonds. The van der Waals surface area contributed by atoms with E-state index < -0.39 is 6.10 Å². The van der Waals surface area contributed by atoms with Gasteiger partial charge in [0, 0.05) is 0 Å². The van der Waals surface area contributed by atoms with E-state index in [0.717, 1.165) is 17.5 Å². The molecule has 2 aromatic carbocycles. The lowest BCUT2D eigenvalue weighted by Gasteiger charge is -2.20. The maximum Gasteiger partial charge on any atom is 0.338 e. The number of hydrogen-bond donors (Lipinski definition) is 0. The summed E-state index contributed by atoms with van der Waals surface area (Å²) in [6, 6.07) is 14.6. The van der Waals surface area contributed by atoms with E-state index in [1.807, 2.05) is 53.7 Å². The van der Waals surface area contributed by atoms with E-state index in [9.17, 15) is 9.90 Å². The Morgan fingerprint density at radius 2 is 1.93 bits per heavy atom. The van der Waals surface area contributed by atoms with Crippen LogP contribution in [0.15, 0.2) is 54.9 Å². The molecule has 3 aromatic rings. The molecule has 0 N–H and O–H groups in total. The molecule has 0 saturated heterocycles.